The van der Waals surface area contributed by atoms with Gasteiger partial charge in [-0.1, -0.05) is 48.5 Å². The van der Waals surface area contributed by atoms with Crippen LogP contribution in [-0.2, 0) is 4.74 Å². The maximum Gasteiger partial charge on any atom is 0.409 e. The fourth-order valence-electron chi connectivity index (χ4n) is 2.95. The molecule has 1 aliphatic carbocycles. The van der Waals surface area contributed by atoms with Gasteiger partial charge < -0.3 is 9.64 Å². The quantitative estimate of drug-likeness (QED) is 0.870. The number of benzene rings is 2. The normalized spacial score (nSPS) is 12.6. The molecule has 2 aromatic carbocycles. The van der Waals surface area contributed by atoms with Gasteiger partial charge in [0.15, 0.2) is 0 Å². The van der Waals surface area contributed by atoms with E-state index in [0.717, 1.165) is 0 Å². The lowest BCUT2D eigenvalue weighted by atomic mass is 9.98. The Morgan fingerprint density at radius 2 is 1.64 bits per heavy atom. The minimum absolute atomic E-state index is 0.112. The molecule has 0 spiro atoms. The number of ether oxygens (including phenoxy) is 1. The van der Waals surface area contributed by atoms with Crippen molar-refractivity contribution >= 4 is 18.7 Å². The van der Waals surface area contributed by atoms with Crippen molar-refractivity contribution in [2.45, 2.75) is 5.92 Å². The molecular formula is C18H19NO2S. The molecule has 3 rings (SSSR count). The highest BCUT2D eigenvalue weighted by Gasteiger charge is 2.29. The Morgan fingerprint density at radius 3 is 2.18 bits per heavy atom. The van der Waals surface area contributed by atoms with Crippen LogP contribution in [0.25, 0.3) is 11.1 Å². The average molecular weight is 313 g/mol. The van der Waals surface area contributed by atoms with Gasteiger partial charge in [0.25, 0.3) is 0 Å². The van der Waals surface area contributed by atoms with E-state index in [1.165, 1.54) is 22.3 Å². The summed E-state index contributed by atoms with van der Waals surface area (Å²) in [6.07, 6.45) is -0.295. The number of hydrogen-bond acceptors (Lipinski definition) is 3. The molecule has 1 amide bonds. The highest BCUT2D eigenvalue weighted by molar-refractivity contribution is 7.80. The van der Waals surface area contributed by atoms with Gasteiger partial charge in [0, 0.05) is 25.3 Å². The van der Waals surface area contributed by atoms with Crippen LogP contribution in [0.1, 0.15) is 17.0 Å². The minimum Gasteiger partial charge on any atom is -0.448 e. The molecule has 0 aromatic heterocycles. The third kappa shape index (κ3) is 2.71. The third-order valence-electron chi connectivity index (χ3n) is 4.08. The van der Waals surface area contributed by atoms with Crippen molar-refractivity contribution < 1.29 is 9.53 Å². The van der Waals surface area contributed by atoms with E-state index >= 15 is 0 Å². The summed E-state index contributed by atoms with van der Waals surface area (Å²) < 4.78 is 5.51. The summed E-state index contributed by atoms with van der Waals surface area (Å²) in [6.45, 7) is 0.948. The zero-order valence-electron chi connectivity index (χ0n) is 12.5. The van der Waals surface area contributed by atoms with E-state index in [4.69, 9.17) is 4.74 Å². The zero-order chi connectivity index (χ0) is 15.5. The second-order valence-corrected chi connectivity index (χ2v) is 5.90. The topological polar surface area (TPSA) is 29.5 Å². The molecule has 0 N–H and O–H groups in total. The smallest absolute Gasteiger partial charge is 0.409 e. The monoisotopic (exact) mass is 313 g/mol. The maximum absolute atomic E-state index is 12.0. The van der Waals surface area contributed by atoms with E-state index in [9.17, 15) is 4.79 Å². The Bertz CT molecular complexity index is 641. The highest BCUT2D eigenvalue weighted by Crippen LogP contribution is 2.44. The molecule has 0 radical (unpaired) electrons. The van der Waals surface area contributed by atoms with Crippen molar-refractivity contribution in [3.8, 4) is 11.1 Å². The fraction of sp³-hybridized carbons (Fsp3) is 0.278. The number of hydrogen-bond donors (Lipinski definition) is 1. The summed E-state index contributed by atoms with van der Waals surface area (Å²) >= 11 is 4.13. The second kappa shape index (κ2) is 6.44. The van der Waals surface area contributed by atoms with Crippen LogP contribution in [0, 0.1) is 0 Å². The number of carbonyl (C=O) groups is 1. The molecule has 0 unspecified atom stereocenters. The van der Waals surface area contributed by atoms with Gasteiger partial charge in [-0.15, -0.1) is 0 Å². The third-order valence-corrected chi connectivity index (χ3v) is 4.28. The Hall–Kier alpha value is -1.94. The first-order chi connectivity index (χ1) is 10.7. The van der Waals surface area contributed by atoms with Gasteiger partial charge in [0.2, 0.25) is 0 Å². The van der Waals surface area contributed by atoms with Crippen LogP contribution in [-0.4, -0.2) is 36.9 Å². The number of fused-ring (bicyclic) bond motifs is 3. The van der Waals surface area contributed by atoms with Crippen molar-refractivity contribution in [3.63, 3.8) is 0 Å². The van der Waals surface area contributed by atoms with Crippen LogP contribution in [0.5, 0.6) is 0 Å². The lowest BCUT2D eigenvalue weighted by Crippen LogP contribution is -2.30. The summed E-state index contributed by atoms with van der Waals surface area (Å²) in [5.74, 6) is 0.737. The summed E-state index contributed by atoms with van der Waals surface area (Å²) in [7, 11) is 1.73. The first kappa shape index (κ1) is 15.0. The lowest BCUT2D eigenvalue weighted by molar-refractivity contribution is 0.110. The van der Waals surface area contributed by atoms with Crippen molar-refractivity contribution in [2.24, 2.45) is 0 Å². The average Bonchev–Trinajstić information content (AvgIpc) is 2.87. The molecule has 4 heteroatoms. The predicted octanol–water partition coefficient (Wildman–Crippen LogP) is 3.80. The van der Waals surface area contributed by atoms with Gasteiger partial charge in [-0.05, 0) is 22.3 Å². The standard InChI is InChI=1S/C18H19NO2S/c1-19(10-11-22)18(20)21-12-17-15-8-4-2-6-13(15)14-7-3-5-9-16(14)17/h2-9,17,22H,10-12H2,1H3. The Morgan fingerprint density at radius 1 is 1.09 bits per heavy atom. The molecule has 114 valence electrons. The van der Waals surface area contributed by atoms with E-state index in [1.807, 2.05) is 24.3 Å². The van der Waals surface area contributed by atoms with Crippen molar-refractivity contribution in [2.75, 3.05) is 26.0 Å². The van der Waals surface area contributed by atoms with E-state index < -0.39 is 0 Å². The molecule has 0 aliphatic heterocycles. The number of thiol groups is 1. The summed E-state index contributed by atoms with van der Waals surface area (Å²) in [5, 5.41) is 0. The predicted molar refractivity (Wildman–Crippen MR) is 91.6 cm³/mol. The van der Waals surface area contributed by atoms with Gasteiger partial charge in [0.05, 0.1) is 0 Å². The summed E-state index contributed by atoms with van der Waals surface area (Å²) in [6, 6.07) is 16.6. The molecule has 3 nitrogen and oxygen atoms in total. The zero-order valence-corrected chi connectivity index (χ0v) is 13.4. The Labute approximate surface area is 136 Å². The molecule has 0 heterocycles. The van der Waals surface area contributed by atoms with Crippen LogP contribution >= 0.6 is 12.6 Å². The van der Waals surface area contributed by atoms with Crippen LogP contribution in [0.15, 0.2) is 48.5 Å². The molecule has 1 aliphatic rings. The van der Waals surface area contributed by atoms with Crippen LogP contribution < -0.4 is 0 Å². The van der Waals surface area contributed by atoms with E-state index in [2.05, 4.69) is 36.9 Å². The largest absolute Gasteiger partial charge is 0.448 e. The SMILES string of the molecule is CN(CCS)C(=O)OCC1c2ccccc2-c2ccccc21. The fourth-order valence-corrected chi connectivity index (χ4v) is 3.25. The van der Waals surface area contributed by atoms with Gasteiger partial charge in [-0.3, -0.25) is 0 Å². The Balaban J connectivity index is 1.81. The molecule has 0 saturated carbocycles. The van der Waals surface area contributed by atoms with Gasteiger partial charge in [-0.2, -0.15) is 12.6 Å². The molecule has 0 bridgehead atoms. The number of carbonyl (C=O) groups excluding carboxylic acids is 1. The molecule has 22 heavy (non-hydrogen) atoms. The molecule has 0 saturated heterocycles. The summed E-state index contributed by atoms with van der Waals surface area (Å²) in [4.78, 5) is 13.5. The maximum atomic E-state index is 12.0. The van der Waals surface area contributed by atoms with E-state index in [1.54, 1.807) is 11.9 Å². The number of rotatable bonds is 4. The Kier molecular flexibility index (Phi) is 4.39. The van der Waals surface area contributed by atoms with Gasteiger partial charge in [0.1, 0.15) is 6.61 Å². The van der Waals surface area contributed by atoms with Crippen molar-refractivity contribution in [1.82, 2.24) is 4.90 Å². The van der Waals surface area contributed by atoms with E-state index in [0.29, 0.717) is 18.9 Å². The van der Waals surface area contributed by atoms with E-state index in [-0.39, 0.29) is 12.0 Å². The highest BCUT2D eigenvalue weighted by atomic mass is 32.1. The minimum atomic E-state index is -0.295. The summed E-state index contributed by atoms with van der Waals surface area (Å²) in [5.41, 5.74) is 4.94. The molecular weight excluding hydrogens is 294 g/mol. The lowest BCUT2D eigenvalue weighted by Gasteiger charge is -2.19. The van der Waals surface area contributed by atoms with Crippen LogP contribution in [0.4, 0.5) is 4.79 Å². The first-order valence-electron chi connectivity index (χ1n) is 7.39. The van der Waals surface area contributed by atoms with Gasteiger partial charge >= 0.3 is 6.09 Å². The number of amides is 1. The molecule has 0 fully saturated rings. The molecule has 2 aromatic rings. The van der Waals surface area contributed by atoms with Gasteiger partial charge in [-0.25, -0.2) is 4.79 Å². The second-order valence-electron chi connectivity index (χ2n) is 5.45. The van der Waals surface area contributed by atoms with Crippen LogP contribution in [0.2, 0.25) is 0 Å². The van der Waals surface area contributed by atoms with Crippen molar-refractivity contribution in [1.29, 1.82) is 0 Å². The van der Waals surface area contributed by atoms with Crippen molar-refractivity contribution in [3.05, 3.63) is 59.7 Å². The number of nitrogens with zero attached hydrogens (tertiary/aromatic N) is 1. The first-order valence-corrected chi connectivity index (χ1v) is 8.02. The molecule has 0 atom stereocenters. The van der Waals surface area contributed by atoms with Crippen LogP contribution in [0.3, 0.4) is 0 Å².